The van der Waals surface area contributed by atoms with E-state index in [0.29, 0.717) is 12.2 Å². The van der Waals surface area contributed by atoms with Gasteiger partial charge < -0.3 is 9.64 Å². The summed E-state index contributed by atoms with van der Waals surface area (Å²) in [7, 11) is 0. The summed E-state index contributed by atoms with van der Waals surface area (Å²) in [6, 6.07) is 7.84. The van der Waals surface area contributed by atoms with Crippen LogP contribution in [0.2, 0.25) is 0 Å². The molecule has 4 heteroatoms. The molecule has 0 bridgehead atoms. The molecule has 1 rings (SSSR count). The number of hydrogen-bond acceptors (Lipinski definition) is 4. The van der Waals surface area contributed by atoms with Crippen molar-refractivity contribution in [2.24, 2.45) is 0 Å². The molecule has 0 aliphatic rings. The lowest BCUT2D eigenvalue weighted by Gasteiger charge is -2.21. The topological polar surface area (TPSA) is 32.8 Å². The number of esters is 1. The van der Waals surface area contributed by atoms with Gasteiger partial charge in [-0.05, 0) is 63.1 Å². The van der Waals surface area contributed by atoms with Gasteiger partial charge in [0.2, 0.25) is 0 Å². The Hall–Kier alpha value is -1.39. The largest absolute Gasteiger partial charge is 0.462 e. The van der Waals surface area contributed by atoms with Crippen molar-refractivity contribution >= 4 is 5.97 Å². The molecular weight excluding hydrogens is 336 g/mol. The lowest BCUT2D eigenvalue weighted by molar-refractivity contribution is 0.0487. The van der Waals surface area contributed by atoms with Gasteiger partial charge in [0.25, 0.3) is 0 Å². The summed E-state index contributed by atoms with van der Waals surface area (Å²) in [6.45, 7) is 15.6. The summed E-state index contributed by atoms with van der Waals surface area (Å²) in [5.74, 6) is -0.210. The molecule has 0 fully saturated rings. The van der Waals surface area contributed by atoms with Gasteiger partial charge in [-0.15, -0.1) is 0 Å². The van der Waals surface area contributed by atoms with Crippen molar-refractivity contribution in [3.05, 3.63) is 35.4 Å². The molecule has 0 aliphatic heterocycles. The number of carbonyl (C=O) groups excluding carboxylic acids is 1. The smallest absolute Gasteiger partial charge is 0.338 e. The van der Waals surface area contributed by atoms with Gasteiger partial charge in [0.05, 0.1) is 12.2 Å². The minimum atomic E-state index is -0.210. The fourth-order valence-electron chi connectivity index (χ4n) is 3.09. The Bertz CT molecular complexity index is 490. The Labute approximate surface area is 166 Å². The molecule has 27 heavy (non-hydrogen) atoms. The molecule has 0 spiro atoms. The molecule has 0 atom stereocenters. The zero-order valence-electron chi connectivity index (χ0n) is 18.0. The number of carbonyl (C=O) groups is 1. The highest BCUT2D eigenvalue weighted by atomic mass is 16.5. The SMILES string of the molecule is CCCCN(CCCC)CCCOC(=O)c1ccc(CN(CC)CC)cc1. The normalized spacial score (nSPS) is 11.3. The van der Waals surface area contributed by atoms with Gasteiger partial charge in [0.15, 0.2) is 0 Å². The second-order valence-corrected chi connectivity index (χ2v) is 7.20. The number of hydrogen-bond donors (Lipinski definition) is 0. The van der Waals surface area contributed by atoms with Crippen molar-refractivity contribution in [2.75, 3.05) is 39.3 Å². The van der Waals surface area contributed by atoms with Gasteiger partial charge in [-0.3, -0.25) is 4.90 Å². The van der Waals surface area contributed by atoms with E-state index in [1.54, 1.807) is 0 Å². The Kier molecular flexibility index (Phi) is 12.8. The third-order valence-corrected chi connectivity index (χ3v) is 5.00. The third kappa shape index (κ3) is 9.92. The molecule has 4 nitrogen and oxygen atoms in total. The van der Waals surface area contributed by atoms with Crippen LogP contribution < -0.4 is 0 Å². The van der Waals surface area contributed by atoms with Gasteiger partial charge >= 0.3 is 5.97 Å². The first-order chi connectivity index (χ1) is 13.1. The first-order valence-electron chi connectivity index (χ1n) is 10.8. The average molecular weight is 377 g/mol. The monoisotopic (exact) mass is 376 g/mol. The van der Waals surface area contributed by atoms with E-state index in [4.69, 9.17) is 4.74 Å². The predicted molar refractivity (Wildman–Crippen MR) is 114 cm³/mol. The standard InChI is InChI=1S/C23H40N2O2/c1-5-9-16-25(17-10-6-2)18-11-19-27-23(26)22-14-12-21(13-15-22)20-24(7-3)8-4/h12-15H,5-11,16-20H2,1-4H3. The fraction of sp³-hybridized carbons (Fsp3) is 0.696. The van der Waals surface area contributed by atoms with E-state index in [9.17, 15) is 4.79 Å². The molecule has 0 aromatic heterocycles. The average Bonchev–Trinajstić information content (AvgIpc) is 2.70. The second kappa shape index (κ2) is 14.6. The van der Waals surface area contributed by atoms with Crippen LogP contribution in [0.5, 0.6) is 0 Å². The molecule has 0 amide bonds. The summed E-state index contributed by atoms with van der Waals surface area (Å²) < 4.78 is 5.47. The van der Waals surface area contributed by atoms with Crippen molar-refractivity contribution in [3.63, 3.8) is 0 Å². The van der Waals surface area contributed by atoms with Crippen molar-refractivity contribution in [1.82, 2.24) is 9.80 Å². The van der Waals surface area contributed by atoms with Crippen molar-refractivity contribution in [3.8, 4) is 0 Å². The van der Waals surface area contributed by atoms with Crippen molar-refractivity contribution < 1.29 is 9.53 Å². The van der Waals surface area contributed by atoms with Crippen LogP contribution in [0.25, 0.3) is 0 Å². The number of rotatable bonds is 15. The van der Waals surface area contributed by atoms with Crippen LogP contribution in [-0.4, -0.2) is 55.1 Å². The highest BCUT2D eigenvalue weighted by Gasteiger charge is 2.09. The predicted octanol–water partition coefficient (Wildman–Crippen LogP) is 4.98. The minimum Gasteiger partial charge on any atom is -0.462 e. The van der Waals surface area contributed by atoms with Gasteiger partial charge in [-0.25, -0.2) is 4.79 Å². The number of benzene rings is 1. The molecule has 1 aromatic rings. The van der Waals surface area contributed by atoms with Gasteiger partial charge in [0, 0.05) is 13.1 Å². The van der Waals surface area contributed by atoms with Crippen LogP contribution >= 0.6 is 0 Å². The van der Waals surface area contributed by atoms with Crippen LogP contribution in [0.15, 0.2) is 24.3 Å². The Morgan fingerprint density at radius 2 is 1.37 bits per heavy atom. The molecule has 0 N–H and O–H groups in total. The maximum Gasteiger partial charge on any atom is 0.338 e. The van der Waals surface area contributed by atoms with E-state index in [-0.39, 0.29) is 5.97 Å². The maximum absolute atomic E-state index is 12.2. The first kappa shape index (κ1) is 23.6. The van der Waals surface area contributed by atoms with Gasteiger partial charge in [-0.2, -0.15) is 0 Å². The van der Waals surface area contributed by atoms with Crippen molar-refractivity contribution in [2.45, 2.75) is 66.3 Å². The molecule has 0 saturated carbocycles. The number of unbranched alkanes of at least 4 members (excludes halogenated alkanes) is 2. The Morgan fingerprint density at radius 1 is 0.815 bits per heavy atom. The van der Waals surface area contributed by atoms with Gasteiger partial charge in [0.1, 0.15) is 0 Å². The van der Waals surface area contributed by atoms with Crippen LogP contribution in [0.4, 0.5) is 0 Å². The van der Waals surface area contributed by atoms with E-state index < -0.39 is 0 Å². The molecule has 0 heterocycles. The molecule has 0 radical (unpaired) electrons. The van der Waals surface area contributed by atoms with Crippen LogP contribution in [0.3, 0.4) is 0 Å². The third-order valence-electron chi connectivity index (χ3n) is 5.00. The summed E-state index contributed by atoms with van der Waals surface area (Å²) in [5, 5.41) is 0. The molecule has 1 aromatic carbocycles. The highest BCUT2D eigenvalue weighted by Crippen LogP contribution is 2.09. The second-order valence-electron chi connectivity index (χ2n) is 7.20. The quantitative estimate of drug-likeness (QED) is 0.319. The molecule has 0 saturated heterocycles. The van der Waals surface area contributed by atoms with Crippen LogP contribution in [0, 0.1) is 0 Å². The van der Waals surface area contributed by atoms with E-state index in [0.717, 1.165) is 45.7 Å². The molecule has 0 unspecified atom stereocenters. The van der Waals surface area contributed by atoms with E-state index in [1.807, 2.05) is 24.3 Å². The lowest BCUT2D eigenvalue weighted by atomic mass is 10.1. The zero-order chi connectivity index (χ0) is 19.9. The van der Waals surface area contributed by atoms with E-state index in [1.165, 1.54) is 31.2 Å². The van der Waals surface area contributed by atoms with Crippen LogP contribution in [0.1, 0.15) is 75.7 Å². The first-order valence-corrected chi connectivity index (χ1v) is 10.8. The summed E-state index contributed by atoms with van der Waals surface area (Å²) in [4.78, 5) is 17.1. The lowest BCUT2D eigenvalue weighted by Crippen LogP contribution is -2.28. The fourth-order valence-corrected chi connectivity index (χ4v) is 3.09. The maximum atomic E-state index is 12.2. The highest BCUT2D eigenvalue weighted by molar-refractivity contribution is 5.89. The number of ether oxygens (including phenoxy) is 1. The zero-order valence-corrected chi connectivity index (χ0v) is 18.0. The van der Waals surface area contributed by atoms with Crippen LogP contribution in [-0.2, 0) is 11.3 Å². The minimum absolute atomic E-state index is 0.210. The molecule has 0 aliphatic carbocycles. The van der Waals surface area contributed by atoms with E-state index >= 15 is 0 Å². The summed E-state index contributed by atoms with van der Waals surface area (Å²) in [6.07, 6.45) is 5.83. The summed E-state index contributed by atoms with van der Waals surface area (Å²) >= 11 is 0. The molecular formula is C23H40N2O2. The van der Waals surface area contributed by atoms with E-state index in [2.05, 4.69) is 37.5 Å². The Balaban J connectivity index is 2.36. The number of nitrogens with zero attached hydrogens (tertiary/aromatic N) is 2. The summed E-state index contributed by atoms with van der Waals surface area (Å²) in [5.41, 5.74) is 1.88. The van der Waals surface area contributed by atoms with Crippen molar-refractivity contribution in [1.29, 1.82) is 0 Å². The van der Waals surface area contributed by atoms with Gasteiger partial charge in [-0.1, -0.05) is 52.7 Å². The Morgan fingerprint density at radius 3 is 1.89 bits per heavy atom. The molecule has 154 valence electrons.